The molecule has 0 bridgehead atoms. The summed E-state index contributed by atoms with van der Waals surface area (Å²) in [6.07, 6.45) is 3.07. The fraction of sp³-hybridized carbons (Fsp3) is 0.167. The van der Waals surface area contributed by atoms with Crippen molar-refractivity contribution in [1.29, 1.82) is 0 Å². The van der Waals surface area contributed by atoms with E-state index in [1.807, 2.05) is 0 Å². The smallest absolute Gasteiger partial charge is 0.200 e. The lowest BCUT2D eigenvalue weighted by Crippen LogP contribution is -1.95. The minimum absolute atomic E-state index is 0.0810. The molecule has 24 heavy (non-hydrogen) atoms. The average molecular weight is 393 g/mol. The van der Waals surface area contributed by atoms with Crippen LogP contribution < -0.4 is 14.2 Å². The van der Waals surface area contributed by atoms with E-state index in [-0.39, 0.29) is 23.0 Å². The summed E-state index contributed by atoms with van der Waals surface area (Å²) >= 11 is 3.36. The summed E-state index contributed by atoms with van der Waals surface area (Å²) in [6.45, 7) is 0. The van der Waals surface area contributed by atoms with Crippen molar-refractivity contribution in [1.82, 2.24) is 0 Å². The fourth-order valence-electron chi connectivity index (χ4n) is 2.10. The van der Waals surface area contributed by atoms with Gasteiger partial charge in [0.05, 0.1) is 25.8 Å². The first kappa shape index (κ1) is 17.9. The van der Waals surface area contributed by atoms with Gasteiger partial charge >= 0.3 is 0 Å². The third kappa shape index (κ3) is 3.89. The van der Waals surface area contributed by atoms with Gasteiger partial charge in [-0.05, 0) is 57.9 Å². The molecule has 0 aliphatic heterocycles. The summed E-state index contributed by atoms with van der Waals surface area (Å²) in [5.41, 5.74) is 1.19. The largest absolute Gasteiger partial charge is 0.502 e. The molecule has 5 nitrogen and oxygen atoms in total. The predicted octanol–water partition coefficient (Wildman–Crippen LogP) is 4.08. The normalized spacial score (nSPS) is 10.7. The lowest BCUT2D eigenvalue weighted by atomic mass is 10.1. The Labute approximate surface area is 148 Å². The summed E-state index contributed by atoms with van der Waals surface area (Å²) in [4.78, 5) is 12.3. The number of hydrogen-bond acceptors (Lipinski definition) is 5. The molecule has 0 aliphatic carbocycles. The molecule has 0 fully saturated rings. The van der Waals surface area contributed by atoms with Crippen LogP contribution in [0.15, 0.2) is 40.9 Å². The standard InChI is InChI=1S/C18H17BrO5/c1-22-15-7-5-12(10-13(15)19)14(20)6-4-11-8-16(23-2)18(21)17(9-11)24-3/h4-10,21H,1-3H3/b6-4+. The van der Waals surface area contributed by atoms with Gasteiger partial charge in [0.1, 0.15) is 5.75 Å². The van der Waals surface area contributed by atoms with E-state index in [0.29, 0.717) is 21.3 Å². The number of carbonyl (C=O) groups is 1. The average Bonchev–Trinajstić information content (AvgIpc) is 2.60. The first-order valence-electron chi connectivity index (χ1n) is 7.01. The van der Waals surface area contributed by atoms with E-state index in [4.69, 9.17) is 14.2 Å². The van der Waals surface area contributed by atoms with Gasteiger partial charge in [0.15, 0.2) is 17.3 Å². The number of allylic oxidation sites excluding steroid dienone is 1. The van der Waals surface area contributed by atoms with Crippen LogP contribution >= 0.6 is 15.9 Å². The Morgan fingerprint density at radius 3 is 2.08 bits per heavy atom. The molecule has 6 heteroatoms. The van der Waals surface area contributed by atoms with Crippen LogP contribution in [-0.2, 0) is 0 Å². The number of phenolic OH excluding ortho intramolecular Hbond substituents is 1. The Morgan fingerprint density at radius 2 is 1.58 bits per heavy atom. The van der Waals surface area contributed by atoms with E-state index >= 15 is 0 Å². The van der Waals surface area contributed by atoms with E-state index in [1.54, 1.807) is 43.5 Å². The maximum atomic E-state index is 12.3. The molecule has 126 valence electrons. The molecule has 0 heterocycles. The molecule has 0 aliphatic rings. The van der Waals surface area contributed by atoms with Gasteiger partial charge in [-0.1, -0.05) is 6.08 Å². The SMILES string of the molecule is COc1ccc(C(=O)/C=C/c2cc(OC)c(O)c(OC)c2)cc1Br. The Bertz CT molecular complexity index is 758. The van der Waals surface area contributed by atoms with Gasteiger partial charge in [0, 0.05) is 5.56 Å². The molecule has 0 amide bonds. The second-order valence-corrected chi connectivity index (χ2v) is 5.68. The topological polar surface area (TPSA) is 65.0 Å². The molecule has 0 saturated heterocycles. The van der Waals surface area contributed by atoms with E-state index < -0.39 is 0 Å². The number of hydrogen-bond donors (Lipinski definition) is 1. The molecule has 0 aromatic heterocycles. The van der Waals surface area contributed by atoms with Crippen molar-refractivity contribution in [2.24, 2.45) is 0 Å². The highest BCUT2D eigenvalue weighted by Gasteiger charge is 2.11. The Balaban J connectivity index is 2.27. The molecule has 0 unspecified atom stereocenters. The van der Waals surface area contributed by atoms with Crippen molar-refractivity contribution in [3.63, 3.8) is 0 Å². The molecule has 2 aromatic carbocycles. The van der Waals surface area contributed by atoms with Crippen LogP contribution in [0.3, 0.4) is 0 Å². The minimum Gasteiger partial charge on any atom is -0.502 e. The minimum atomic E-state index is -0.163. The van der Waals surface area contributed by atoms with Gasteiger partial charge in [-0.15, -0.1) is 0 Å². The van der Waals surface area contributed by atoms with Crippen LogP contribution in [0.4, 0.5) is 0 Å². The van der Waals surface area contributed by atoms with Crippen LogP contribution in [0, 0.1) is 0 Å². The summed E-state index contributed by atoms with van der Waals surface area (Å²) in [5, 5.41) is 9.89. The van der Waals surface area contributed by atoms with Crippen molar-refractivity contribution in [2.75, 3.05) is 21.3 Å². The van der Waals surface area contributed by atoms with E-state index in [2.05, 4.69) is 15.9 Å². The van der Waals surface area contributed by atoms with E-state index in [1.165, 1.54) is 20.3 Å². The molecular weight excluding hydrogens is 376 g/mol. The van der Waals surface area contributed by atoms with Crippen LogP contribution in [0.1, 0.15) is 15.9 Å². The highest BCUT2D eigenvalue weighted by molar-refractivity contribution is 9.10. The van der Waals surface area contributed by atoms with Crippen LogP contribution in [0.25, 0.3) is 6.08 Å². The number of aromatic hydroxyl groups is 1. The lowest BCUT2D eigenvalue weighted by molar-refractivity contribution is 0.104. The highest BCUT2D eigenvalue weighted by atomic mass is 79.9. The third-order valence-electron chi connectivity index (χ3n) is 3.37. The maximum Gasteiger partial charge on any atom is 0.200 e. The number of benzene rings is 2. The van der Waals surface area contributed by atoms with Crippen LogP contribution in [0.2, 0.25) is 0 Å². The number of phenols is 1. The zero-order valence-electron chi connectivity index (χ0n) is 13.5. The first-order chi connectivity index (χ1) is 11.5. The number of ether oxygens (including phenoxy) is 3. The maximum absolute atomic E-state index is 12.3. The van der Waals surface area contributed by atoms with Crippen molar-refractivity contribution in [3.8, 4) is 23.0 Å². The lowest BCUT2D eigenvalue weighted by Gasteiger charge is -2.09. The summed E-state index contributed by atoms with van der Waals surface area (Å²) < 4.78 is 16.0. The summed E-state index contributed by atoms with van der Waals surface area (Å²) in [7, 11) is 4.46. The van der Waals surface area contributed by atoms with Gasteiger partial charge in [-0.25, -0.2) is 0 Å². The first-order valence-corrected chi connectivity index (χ1v) is 7.80. The zero-order chi connectivity index (χ0) is 17.7. The number of ketones is 1. The van der Waals surface area contributed by atoms with E-state index in [9.17, 15) is 9.90 Å². The summed E-state index contributed by atoms with van der Waals surface area (Å²) in [5.74, 6) is 0.956. The van der Waals surface area contributed by atoms with Crippen LogP contribution in [0.5, 0.6) is 23.0 Å². The van der Waals surface area contributed by atoms with Crippen molar-refractivity contribution < 1.29 is 24.1 Å². The molecule has 0 radical (unpaired) electrons. The van der Waals surface area contributed by atoms with Crippen molar-refractivity contribution in [3.05, 3.63) is 52.0 Å². The van der Waals surface area contributed by atoms with E-state index in [0.717, 1.165) is 0 Å². The second-order valence-electron chi connectivity index (χ2n) is 4.82. The quantitative estimate of drug-likeness (QED) is 0.592. The number of carbonyl (C=O) groups excluding carboxylic acids is 1. The van der Waals surface area contributed by atoms with Crippen molar-refractivity contribution >= 4 is 27.8 Å². The molecule has 1 N–H and O–H groups in total. The molecular formula is C18H17BrO5. The van der Waals surface area contributed by atoms with Gasteiger partial charge in [-0.3, -0.25) is 4.79 Å². The van der Waals surface area contributed by atoms with Gasteiger partial charge in [-0.2, -0.15) is 0 Å². The molecule has 2 rings (SSSR count). The Kier molecular flexibility index (Phi) is 5.87. The third-order valence-corrected chi connectivity index (χ3v) is 3.99. The molecule has 0 saturated carbocycles. The number of rotatable bonds is 6. The predicted molar refractivity (Wildman–Crippen MR) is 95.3 cm³/mol. The number of methoxy groups -OCH3 is 3. The zero-order valence-corrected chi connectivity index (χ0v) is 15.1. The van der Waals surface area contributed by atoms with Crippen LogP contribution in [-0.4, -0.2) is 32.2 Å². The molecule has 0 atom stereocenters. The highest BCUT2D eigenvalue weighted by Crippen LogP contribution is 2.37. The fourth-order valence-corrected chi connectivity index (χ4v) is 2.64. The second kappa shape index (κ2) is 7.88. The van der Waals surface area contributed by atoms with Gasteiger partial charge < -0.3 is 19.3 Å². The monoisotopic (exact) mass is 392 g/mol. The summed E-state index contributed by atoms with van der Waals surface area (Å²) in [6, 6.07) is 8.34. The number of halogens is 1. The Morgan fingerprint density at radius 1 is 1.00 bits per heavy atom. The van der Waals surface area contributed by atoms with Gasteiger partial charge in [0.25, 0.3) is 0 Å². The van der Waals surface area contributed by atoms with Crippen molar-refractivity contribution in [2.45, 2.75) is 0 Å². The Hall–Kier alpha value is -2.47. The molecule has 0 spiro atoms. The molecule has 2 aromatic rings. The van der Waals surface area contributed by atoms with Gasteiger partial charge in [0.2, 0.25) is 5.75 Å².